The minimum Gasteiger partial charge on any atom is -0.481 e. The monoisotopic (exact) mass is 353 g/mol. The molecular formula is C12H13Cl2NO5S. The van der Waals surface area contributed by atoms with E-state index in [-0.39, 0.29) is 34.5 Å². The summed E-state index contributed by atoms with van der Waals surface area (Å²) >= 11 is 11.8. The number of hydrogen-bond donors (Lipinski definition) is 2. The molecule has 0 spiro atoms. The summed E-state index contributed by atoms with van der Waals surface area (Å²) in [7, 11) is -3.99. The van der Waals surface area contributed by atoms with Gasteiger partial charge in [-0.1, -0.05) is 29.3 Å². The van der Waals surface area contributed by atoms with E-state index >= 15 is 0 Å². The summed E-state index contributed by atoms with van der Waals surface area (Å²) in [6.45, 7) is -0.321. The molecule has 1 saturated heterocycles. The second-order valence-corrected chi connectivity index (χ2v) is 7.40. The van der Waals surface area contributed by atoms with E-state index in [2.05, 4.69) is 0 Å². The fourth-order valence-electron chi connectivity index (χ4n) is 2.27. The Balaban J connectivity index is 2.32. The third-order valence-corrected chi connectivity index (χ3v) is 6.20. The van der Waals surface area contributed by atoms with Crippen LogP contribution < -0.4 is 0 Å². The van der Waals surface area contributed by atoms with Crippen LogP contribution in [0, 0.1) is 5.92 Å². The van der Waals surface area contributed by atoms with Crippen molar-refractivity contribution < 1.29 is 23.4 Å². The second kappa shape index (κ2) is 6.10. The second-order valence-electron chi connectivity index (χ2n) is 4.71. The minimum absolute atomic E-state index is 0.0160. The highest BCUT2D eigenvalue weighted by Gasteiger charge is 2.39. The van der Waals surface area contributed by atoms with Crippen LogP contribution in [0.3, 0.4) is 0 Å². The first kappa shape index (κ1) is 16.5. The van der Waals surface area contributed by atoms with Crippen LogP contribution in [0.1, 0.15) is 6.42 Å². The molecule has 6 nitrogen and oxygen atoms in total. The molecule has 1 aromatic rings. The van der Waals surface area contributed by atoms with Crippen LogP contribution in [0.25, 0.3) is 0 Å². The van der Waals surface area contributed by atoms with Crippen LogP contribution in [0.15, 0.2) is 23.1 Å². The Morgan fingerprint density at radius 3 is 2.33 bits per heavy atom. The number of aliphatic hydroxyl groups is 1. The van der Waals surface area contributed by atoms with Gasteiger partial charge in [-0.15, -0.1) is 0 Å². The van der Waals surface area contributed by atoms with Gasteiger partial charge in [0, 0.05) is 13.1 Å². The topological polar surface area (TPSA) is 94.9 Å². The maximum atomic E-state index is 12.5. The van der Waals surface area contributed by atoms with Crippen molar-refractivity contribution in [3.8, 4) is 0 Å². The van der Waals surface area contributed by atoms with Crippen molar-refractivity contribution in [2.45, 2.75) is 17.4 Å². The number of aliphatic carboxylic acids is 1. The van der Waals surface area contributed by atoms with Crippen molar-refractivity contribution >= 4 is 39.2 Å². The maximum absolute atomic E-state index is 12.5. The first-order chi connectivity index (χ1) is 9.75. The SMILES string of the molecule is O=C(O)[C@H]1CCN(S(=O)(=O)c2c(Cl)cccc2Cl)C[C@H]1O. The fourth-order valence-corrected chi connectivity index (χ4v) is 4.83. The first-order valence-corrected chi connectivity index (χ1v) is 8.29. The average Bonchev–Trinajstić information content (AvgIpc) is 2.37. The zero-order valence-corrected chi connectivity index (χ0v) is 13.1. The first-order valence-electron chi connectivity index (χ1n) is 6.10. The quantitative estimate of drug-likeness (QED) is 0.857. The number of carbonyl (C=O) groups is 1. The van der Waals surface area contributed by atoms with Crippen molar-refractivity contribution in [3.05, 3.63) is 28.2 Å². The Morgan fingerprint density at radius 1 is 1.29 bits per heavy atom. The molecule has 21 heavy (non-hydrogen) atoms. The molecule has 0 bridgehead atoms. The van der Waals surface area contributed by atoms with Gasteiger partial charge in [0.25, 0.3) is 0 Å². The summed E-state index contributed by atoms with van der Waals surface area (Å²) in [4.78, 5) is 10.7. The van der Waals surface area contributed by atoms with Crippen molar-refractivity contribution in [3.63, 3.8) is 0 Å². The number of aliphatic hydroxyl groups excluding tert-OH is 1. The van der Waals surface area contributed by atoms with Crippen LogP contribution in [-0.2, 0) is 14.8 Å². The lowest BCUT2D eigenvalue weighted by Crippen LogP contribution is -2.48. The molecular weight excluding hydrogens is 341 g/mol. The molecule has 2 rings (SSSR count). The average molecular weight is 354 g/mol. The molecule has 0 aliphatic carbocycles. The highest BCUT2D eigenvalue weighted by atomic mass is 35.5. The van der Waals surface area contributed by atoms with Gasteiger partial charge in [0.15, 0.2) is 0 Å². The Hall–Kier alpha value is -0.860. The standard InChI is InChI=1S/C12H13Cl2NO5S/c13-8-2-1-3-9(14)11(8)21(19,20)15-5-4-7(12(17)18)10(16)6-15/h1-3,7,10,16H,4-6H2,(H,17,18)/t7-,10+/m0/s1. The van der Waals surface area contributed by atoms with Gasteiger partial charge in [0.2, 0.25) is 10.0 Å². The van der Waals surface area contributed by atoms with Gasteiger partial charge < -0.3 is 10.2 Å². The highest BCUT2D eigenvalue weighted by molar-refractivity contribution is 7.89. The largest absolute Gasteiger partial charge is 0.481 e. The van der Waals surface area contributed by atoms with Gasteiger partial charge in [-0.05, 0) is 18.6 Å². The van der Waals surface area contributed by atoms with Crippen LogP contribution >= 0.6 is 23.2 Å². The molecule has 116 valence electrons. The smallest absolute Gasteiger partial charge is 0.309 e. The van der Waals surface area contributed by atoms with E-state index in [1.165, 1.54) is 18.2 Å². The number of piperidine rings is 1. The van der Waals surface area contributed by atoms with E-state index in [9.17, 15) is 18.3 Å². The summed E-state index contributed by atoms with van der Waals surface area (Å²) in [5, 5.41) is 18.7. The predicted molar refractivity (Wildman–Crippen MR) is 77.0 cm³/mol. The number of carboxylic acid groups (broad SMARTS) is 1. The Morgan fingerprint density at radius 2 is 1.86 bits per heavy atom. The summed E-state index contributed by atoms with van der Waals surface area (Å²) in [5.74, 6) is -2.12. The van der Waals surface area contributed by atoms with Crippen LogP contribution in [0.5, 0.6) is 0 Å². The van der Waals surface area contributed by atoms with Gasteiger partial charge in [-0.2, -0.15) is 4.31 Å². The number of hydrogen-bond acceptors (Lipinski definition) is 4. The van der Waals surface area contributed by atoms with Crippen LogP contribution in [0.2, 0.25) is 10.0 Å². The Bertz CT molecular complexity index is 643. The molecule has 1 heterocycles. The summed E-state index contributed by atoms with van der Waals surface area (Å²) in [6, 6.07) is 4.33. The lowest BCUT2D eigenvalue weighted by Gasteiger charge is -2.33. The van der Waals surface area contributed by atoms with Crippen molar-refractivity contribution in [2.75, 3.05) is 13.1 Å². The normalized spacial score (nSPS) is 24.0. The van der Waals surface area contributed by atoms with Gasteiger partial charge in [-0.25, -0.2) is 8.42 Å². The van der Waals surface area contributed by atoms with Gasteiger partial charge in [0.05, 0.1) is 22.1 Å². The van der Waals surface area contributed by atoms with Gasteiger partial charge >= 0.3 is 5.97 Å². The van der Waals surface area contributed by atoms with Gasteiger partial charge in [0.1, 0.15) is 4.90 Å². The van der Waals surface area contributed by atoms with Crippen LogP contribution in [-0.4, -0.2) is 48.1 Å². The maximum Gasteiger partial charge on any atom is 0.309 e. The summed E-state index contributed by atoms with van der Waals surface area (Å²) in [5.41, 5.74) is 0. The zero-order valence-electron chi connectivity index (χ0n) is 10.7. The van der Waals surface area contributed by atoms with Crippen LogP contribution in [0.4, 0.5) is 0 Å². The third-order valence-electron chi connectivity index (χ3n) is 3.38. The van der Waals surface area contributed by atoms with E-state index in [4.69, 9.17) is 28.3 Å². The van der Waals surface area contributed by atoms with E-state index in [1.54, 1.807) is 0 Å². The van der Waals surface area contributed by atoms with Crippen molar-refractivity contribution in [2.24, 2.45) is 5.92 Å². The van der Waals surface area contributed by atoms with E-state index in [0.29, 0.717) is 0 Å². The Labute approximate surface area is 131 Å². The third kappa shape index (κ3) is 3.17. The molecule has 1 fully saturated rings. The molecule has 1 aliphatic rings. The molecule has 1 aromatic carbocycles. The van der Waals surface area contributed by atoms with E-state index in [1.807, 2.05) is 0 Å². The minimum atomic E-state index is -3.99. The zero-order chi connectivity index (χ0) is 15.8. The fraction of sp³-hybridized carbons (Fsp3) is 0.417. The van der Waals surface area contributed by atoms with Crippen molar-refractivity contribution in [1.29, 1.82) is 0 Å². The number of β-amino-alcohol motifs (C(OH)–C–C–N with tert-alkyl or cyclic N) is 1. The Kier molecular flexibility index (Phi) is 4.79. The molecule has 0 saturated carbocycles. The number of benzene rings is 1. The predicted octanol–water partition coefficient (Wildman–Crippen LogP) is 1.45. The summed E-state index contributed by atoms with van der Waals surface area (Å²) < 4.78 is 26.1. The molecule has 1 aliphatic heterocycles. The molecule has 2 atom stereocenters. The number of sulfonamides is 1. The summed E-state index contributed by atoms with van der Waals surface area (Å²) in [6.07, 6.45) is -1.25. The molecule has 9 heteroatoms. The number of rotatable bonds is 3. The lowest BCUT2D eigenvalue weighted by atomic mass is 9.95. The molecule has 0 aromatic heterocycles. The number of halogens is 2. The number of carboxylic acids is 1. The molecule has 0 amide bonds. The van der Waals surface area contributed by atoms with E-state index in [0.717, 1.165) is 4.31 Å². The highest BCUT2D eigenvalue weighted by Crippen LogP contribution is 2.33. The lowest BCUT2D eigenvalue weighted by molar-refractivity contribution is -0.147. The number of nitrogens with zero attached hydrogens (tertiary/aromatic N) is 1. The van der Waals surface area contributed by atoms with Gasteiger partial charge in [-0.3, -0.25) is 4.79 Å². The molecule has 2 N–H and O–H groups in total. The molecule has 0 radical (unpaired) electrons. The van der Waals surface area contributed by atoms with Crippen molar-refractivity contribution in [1.82, 2.24) is 4.31 Å². The van der Waals surface area contributed by atoms with E-state index < -0.39 is 28.0 Å². The molecule has 0 unspecified atom stereocenters.